The maximum absolute atomic E-state index is 13.1. The summed E-state index contributed by atoms with van der Waals surface area (Å²) in [6.45, 7) is 1.48. The highest BCUT2D eigenvalue weighted by Crippen LogP contribution is 2.34. The molecule has 0 saturated heterocycles. The molecule has 164 valence electrons. The van der Waals surface area contributed by atoms with Crippen LogP contribution in [0.5, 0.6) is 0 Å². The Balaban J connectivity index is 1.85. The van der Waals surface area contributed by atoms with Crippen molar-refractivity contribution in [3.8, 4) is 11.3 Å². The van der Waals surface area contributed by atoms with Gasteiger partial charge in [-0.3, -0.25) is 4.72 Å². The molecule has 0 aliphatic carbocycles. The predicted molar refractivity (Wildman–Crippen MR) is 107 cm³/mol. The summed E-state index contributed by atoms with van der Waals surface area (Å²) < 4.78 is 90.1. The number of sulfonamides is 1. The zero-order valence-electron chi connectivity index (χ0n) is 16.0. The molecule has 0 amide bonds. The maximum Gasteiger partial charge on any atom is 0.417 e. The van der Waals surface area contributed by atoms with Gasteiger partial charge in [0.15, 0.2) is 14.9 Å². The van der Waals surface area contributed by atoms with E-state index in [1.807, 2.05) is 0 Å². The Morgan fingerprint density at radius 2 is 1.52 bits per heavy atom. The third-order valence-corrected chi connectivity index (χ3v) is 7.31. The normalized spacial score (nSPS) is 12.5. The van der Waals surface area contributed by atoms with E-state index in [2.05, 4.69) is 14.9 Å². The second-order valence-corrected chi connectivity index (χ2v) is 10.2. The second-order valence-electron chi connectivity index (χ2n) is 6.34. The van der Waals surface area contributed by atoms with E-state index in [1.165, 1.54) is 49.4 Å². The number of rotatable bonds is 6. The van der Waals surface area contributed by atoms with Crippen LogP contribution in [0.1, 0.15) is 12.5 Å². The fraction of sp³-hybridized carbons (Fsp3) is 0.158. The van der Waals surface area contributed by atoms with Crippen LogP contribution in [0.2, 0.25) is 0 Å². The molecule has 0 fully saturated rings. The van der Waals surface area contributed by atoms with Crippen molar-refractivity contribution < 1.29 is 30.0 Å². The number of benzene rings is 2. The summed E-state index contributed by atoms with van der Waals surface area (Å²) in [5.74, 6) is -0.118. The molecule has 1 heterocycles. The van der Waals surface area contributed by atoms with Crippen molar-refractivity contribution in [2.24, 2.45) is 0 Å². The molecule has 0 atom stereocenters. The Morgan fingerprint density at radius 1 is 0.871 bits per heavy atom. The van der Waals surface area contributed by atoms with E-state index < -0.39 is 36.5 Å². The van der Waals surface area contributed by atoms with E-state index in [4.69, 9.17) is 0 Å². The molecule has 1 aromatic heterocycles. The van der Waals surface area contributed by atoms with Crippen molar-refractivity contribution in [2.45, 2.75) is 23.0 Å². The molecular weight excluding hydrogens is 455 g/mol. The zero-order valence-corrected chi connectivity index (χ0v) is 17.6. The number of alkyl halides is 3. The minimum Gasteiger partial charge on any atom is -0.280 e. The van der Waals surface area contributed by atoms with Crippen LogP contribution in [0.25, 0.3) is 11.3 Å². The number of nitrogens with one attached hydrogen (secondary N) is 1. The van der Waals surface area contributed by atoms with Gasteiger partial charge < -0.3 is 0 Å². The molecule has 31 heavy (non-hydrogen) atoms. The van der Waals surface area contributed by atoms with Crippen molar-refractivity contribution in [1.29, 1.82) is 0 Å². The summed E-state index contributed by atoms with van der Waals surface area (Å²) in [4.78, 5) is -0.884. The SMILES string of the molecule is CCS(=O)(=O)c1ccc(-c2ccc(NS(=O)(=O)c3ccccc3C(F)(F)F)cc2)nn1. The molecule has 3 rings (SSSR count). The molecular formula is C19H16F3N3O4S2. The lowest BCUT2D eigenvalue weighted by atomic mass is 10.1. The van der Waals surface area contributed by atoms with Gasteiger partial charge in [0.25, 0.3) is 10.0 Å². The van der Waals surface area contributed by atoms with Crippen molar-refractivity contribution in [2.75, 3.05) is 10.5 Å². The molecule has 0 spiro atoms. The van der Waals surface area contributed by atoms with Crippen LogP contribution in [0.3, 0.4) is 0 Å². The largest absolute Gasteiger partial charge is 0.417 e. The number of aromatic nitrogens is 2. The molecule has 0 bridgehead atoms. The minimum absolute atomic E-state index is 0.0406. The molecule has 0 unspecified atom stereocenters. The lowest BCUT2D eigenvalue weighted by Gasteiger charge is -2.14. The lowest BCUT2D eigenvalue weighted by molar-refractivity contribution is -0.139. The molecule has 0 saturated carbocycles. The second kappa shape index (κ2) is 8.27. The average molecular weight is 471 g/mol. The fourth-order valence-electron chi connectivity index (χ4n) is 2.64. The molecule has 0 radical (unpaired) electrons. The van der Waals surface area contributed by atoms with Gasteiger partial charge in [0.1, 0.15) is 0 Å². The van der Waals surface area contributed by atoms with E-state index in [-0.39, 0.29) is 16.5 Å². The Bertz CT molecular complexity index is 1290. The van der Waals surface area contributed by atoms with Crippen LogP contribution in [-0.2, 0) is 26.0 Å². The summed E-state index contributed by atoms with van der Waals surface area (Å²) in [6.07, 6.45) is -4.83. The number of nitrogens with zero attached hydrogens (tertiary/aromatic N) is 2. The van der Waals surface area contributed by atoms with Gasteiger partial charge in [-0.2, -0.15) is 13.2 Å². The highest BCUT2D eigenvalue weighted by Gasteiger charge is 2.36. The standard InChI is InChI=1S/C19H16F3N3O4S2/c1-2-30(26,27)18-12-11-16(23-24-18)13-7-9-14(10-8-13)25-31(28,29)17-6-4-3-5-15(17)19(20,21)22/h3-12,25H,2H2,1H3. The van der Waals surface area contributed by atoms with Gasteiger partial charge in [-0.1, -0.05) is 31.2 Å². The molecule has 3 aromatic rings. The fourth-order valence-corrected chi connectivity index (χ4v) is 4.67. The van der Waals surface area contributed by atoms with E-state index in [0.29, 0.717) is 17.3 Å². The van der Waals surface area contributed by atoms with E-state index in [9.17, 15) is 30.0 Å². The van der Waals surface area contributed by atoms with Crippen molar-refractivity contribution in [3.63, 3.8) is 0 Å². The van der Waals surface area contributed by atoms with Gasteiger partial charge in [0, 0.05) is 11.3 Å². The zero-order chi connectivity index (χ0) is 22.9. The first kappa shape index (κ1) is 22.7. The Labute approximate surface area is 176 Å². The van der Waals surface area contributed by atoms with Gasteiger partial charge in [-0.05, 0) is 36.4 Å². The Kier molecular flexibility index (Phi) is 6.05. The minimum atomic E-state index is -4.83. The van der Waals surface area contributed by atoms with Crippen LogP contribution in [0, 0.1) is 0 Å². The van der Waals surface area contributed by atoms with Gasteiger partial charge in [0.2, 0.25) is 0 Å². The smallest absolute Gasteiger partial charge is 0.280 e. The third kappa shape index (κ3) is 5.02. The van der Waals surface area contributed by atoms with Crippen LogP contribution in [0.15, 0.2) is 70.6 Å². The highest BCUT2D eigenvalue weighted by molar-refractivity contribution is 7.92. The number of sulfone groups is 1. The van der Waals surface area contributed by atoms with Crippen LogP contribution >= 0.6 is 0 Å². The summed E-state index contributed by atoms with van der Waals surface area (Å²) >= 11 is 0. The number of anilines is 1. The van der Waals surface area contributed by atoms with E-state index >= 15 is 0 Å². The van der Waals surface area contributed by atoms with Crippen molar-refractivity contribution in [3.05, 3.63) is 66.2 Å². The monoisotopic (exact) mass is 471 g/mol. The Hall–Kier alpha value is -2.99. The lowest BCUT2D eigenvalue weighted by Crippen LogP contribution is -2.18. The number of halogens is 3. The topological polar surface area (TPSA) is 106 Å². The molecule has 2 aromatic carbocycles. The van der Waals surface area contributed by atoms with Crippen molar-refractivity contribution >= 4 is 25.5 Å². The molecule has 0 aliphatic heterocycles. The average Bonchev–Trinajstić information content (AvgIpc) is 2.73. The van der Waals surface area contributed by atoms with E-state index in [1.54, 1.807) is 0 Å². The number of hydrogen-bond donors (Lipinski definition) is 1. The quantitative estimate of drug-likeness (QED) is 0.587. The molecule has 7 nitrogen and oxygen atoms in total. The van der Waals surface area contributed by atoms with Crippen molar-refractivity contribution in [1.82, 2.24) is 10.2 Å². The van der Waals surface area contributed by atoms with Gasteiger partial charge >= 0.3 is 6.18 Å². The summed E-state index contributed by atoms with van der Waals surface area (Å²) in [6, 6.07) is 12.3. The summed E-state index contributed by atoms with van der Waals surface area (Å²) in [5.41, 5.74) is -0.381. The predicted octanol–water partition coefficient (Wildman–Crippen LogP) is 3.76. The first-order valence-electron chi connectivity index (χ1n) is 8.80. The number of hydrogen-bond acceptors (Lipinski definition) is 6. The maximum atomic E-state index is 13.1. The van der Waals surface area contributed by atoms with Gasteiger partial charge in [-0.15, -0.1) is 10.2 Å². The molecule has 12 heteroatoms. The first-order valence-corrected chi connectivity index (χ1v) is 11.9. The van der Waals surface area contributed by atoms with E-state index in [0.717, 1.165) is 12.1 Å². The third-order valence-electron chi connectivity index (χ3n) is 4.25. The first-order chi connectivity index (χ1) is 14.4. The Morgan fingerprint density at radius 3 is 2.06 bits per heavy atom. The van der Waals surface area contributed by atoms with Gasteiger partial charge in [0.05, 0.1) is 21.9 Å². The molecule has 0 aliphatic rings. The summed E-state index contributed by atoms with van der Waals surface area (Å²) in [5, 5.41) is 7.40. The van der Waals surface area contributed by atoms with Crippen LogP contribution < -0.4 is 4.72 Å². The van der Waals surface area contributed by atoms with Crippen LogP contribution in [0.4, 0.5) is 18.9 Å². The van der Waals surface area contributed by atoms with Crippen LogP contribution in [-0.4, -0.2) is 32.8 Å². The summed E-state index contributed by atoms with van der Waals surface area (Å²) in [7, 11) is -7.99. The highest BCUT2D eigenvalue weighted by atomic mass is 32.2. The van der Waals surface area contributed by atoms with Gasteiger partial charge in [-0.25, -0.2) is 16.8 Å². The molecule has 1 N–H and O–H groups in total.